The van der Waals surface area contributed by atoms with E-state index in [0.717, 1.165) is 16.6 Å². The van der Waals surface area contributed by atoms with Gasteiger partial charge in [-0.2, -0.15) is 0 Å². The van der Waals surface area contributed by atoms with Crippen molar-refractivity contribution in [2.75, 3.05) is 5.32 Å². The third kappa shape index (κ3) is 3.01. The Morgan fingerprint density at radius 3 is 2.64 bits per heavy atom. The molecule has 0 fully saturated rings. The third-order valence-electron chi connectivity index (χ3n) is 3.55. The van der Waals surface area contributed by atoms with Crippen LogP contribution < -0.4 is 5.32 Å². The van der Waals surface area contributed by atoms with Gasteiger partial charge in [0.1, 0.15) is 5.75 Å². The fraction of sp³-hybridized carbons (Fsp3) is 0.222. The van der Waals surface area contributed by atoms with E-state index in [2.05, 4.69) is 48.2 Å². The molecule has 3 rings (SSSR count). The van der Waals surface area contributed by atoms with E-state index in [1.54, 1.807) is 24.4 Å². The van der Waals surface area contributed by atoms with Gasteiger partial charge < -0.3 is 10.4 Å². The molecular formula is C18H19N3O. The zero-order chi connectivity index (χ0) is 15.7. The molecule has 4 nitrogen and oxygen atoms in total. The van der Waals surface area contributed by atoms with Gasteiger partial charge in [0, 0.05) is 17.3 Å². The first-order chi connectivity index (χ1) is 10.4. The van der Waals surface area contributed by atoms with Gasteiger partial charge in [-0.3, -0.25) is 0 Å². The Bertz CT molecular complexity index is 822. The topological polar surface area (TPSA) is 58.0 Å². The molecule has 2 aromatic carbocycles. The summed E-state index contributed by atoms with van der Waals surface area (Å²) in [5, 5.41) is 13.5. The predicted molar refractivity (Wildman–Crippen MR) is 89.6 cm³/mol. The largest absolute Gasteiger partial charge is 0.508 e. The highest BCUT2D eigenvalue weighted by atomic mass is 16.3. The van der Waals surface area contributed by atoms with Crippen LogP contribution in [0.15, 0.2) is 48.7 Å². The molecule has 0 saturated heterocycles. The van der Waals surface area contributed by atoms with Crippen molar-refractivity contribution in [3.63, 3.8) is 0 Å². The van der Waals surface area contributed by atoms with E-state index >= 15 is 0 Å². The van der Waals surface area contributed by atoms with Gasteiger partial charge in [0.15, 0.2) is 0 Å². The summed E-state index contributed by atoms with van der Waals surface area (Å²) in [6.45, 7) is 6.56. The Morgan fingerprint density at radius 2 is 1.86 bits per heavy atom. The number of rotatable bonds is 2. The number of nitrogens with one attached hydrogen (secondary N) is 1. The van der Waals surface area contributed by atoms with Crippen LogP contribution in [0.5, 0.6) is 5.75 Å². The maximum Gasteiger partial charge on any atom is 0.227 e. The number of hydrogen-bond donors (Lipinski definition) is 2. The summed E-state index contributed by atoms with van der Waals surface area (Å²) in [6, 6.07) is 13.3. The second-order valence-electron chi connectivity index (χ2n) is 6.39. The molecule has 0 aliphatic rings. The lowest BCUT2D eigenvalue weighted by molar-refractivity contribution is 0.476. The first kappa shape index (κ1) is 14.3. The molecule has 22 heavy (non-hydrogen) atoms. The number of aromatic hydroxyl groups is 1. The van der Waals surface area contributed by atoms with Crippen LogP contribution in [0.1, 0.15) is 26.3 Å². The van der Waals surface area contributed by atoms with Crippen LogP contribution in [0.4, 0.5) is 11.6 Å². The zero-order valence-electron chi connectivity index (χ0n) is 13.0. The minimum absolute atomic E-state index is 0.0967. The monoisotopic (exact) mass is 293 g/mol. The highest BCUT2D eigenvalue weighted by Crippen LogP contribution is 2.26. The summed E-state index contributed by atoms with van der Waals surface area (Å²) in [6.07, 6.45) is 1.71. The van der Waals surface area contributed by atoms with Crippen LogP contribution in [0.25, 0.3) is 10.9 Å². The van der Waals surface area contributed by atoms with Crippen molar-refractivity contribution < 1.29 is 5.11 Å². The van der Waals surface area contributed by atoms with Crippen molar-refractivity contribution in [3.05, 3.63) is 54.2 Å². The van der Waals surface area contributed by atoms with Gasteiger partial charge in [-0.1, -0.05) is 32.9 Å². The van der Waals surface area contributed by atoms with Gasteiger partial charge >= 0.3 is 0 Å². The molecular weight excluding hydrogens is 274 g/mol. The molecule has 0 spiro atoms. The minimum Gasteiger partial charge on any atom is -0.508 e. The Hall–Kier alpha value is -2.62. The van der Waals surface area contributed by atoms with Crippen LogP contribution in [-0.2, 0) is 5.41 Å². The quantitative estimate of drug-likeness (QED) is 0.736. The minimum atomic E-state index is 0.0967. The highest BCUT2D eigenvalue weighted by molar-refractivity contribution is 5.80. The average Bonchev–Trinajstić information content (AvgIpc) is 2.47. The van der Waals surface area contributed by atoms with E-state index in [1.807, 2.05) is 12.1 Å². The first-order valence-electron chi connectivity index (χ1n) is 7.25. The van der Waals surface area contributed by atoms with Crippen molar-refractivity contribution in [2.24, 2.45) is 0 Å². The summed E-state index contributed by atoms with van der Waals surface area (Å²) in [7, 11) is 0. The molecule has 1 heterocycles. The van der Waals surface area contributed by atoms with Crippen molar-refractivity contribution in [1.29, 1.82) is 0 Å². The third-order valence-corrected chi connectivity index (χ3v) is 3.55. The van der Waals surface area contributed by atoms with Crippen LogP contribution >= 0.6 is 0 Å². The fourth-order valence-corrected chi connectivity index (χ4v) is 2.27. The summed E-state index contributed by atoms with van der Waals surface area (Å²) in [4.78, 5) is 8.77. The molecule has 0 radical (unpaired) electrons. The van der Waals surface area contributed by atoms with Gasteiger partial charge in [0.2, 0.25) is 5.95 Å². The number of phenolic OH excluding ortho intramolecular Hbond substituents is 1. The van der Waals surface area contributed by atoms with E-state index in [9.17, 15) is 5.11 Å². The lowest BCUT2D eigenvalue weighted by Crippen LogP contribution is -2.11. The smallest absolute Gasteiger partial charge is 0.227 e. The van der Waals surface area contributed by atoms with E-state index in [1.165, 1.54) is 5.56 Å². The van der Waals surface area contributed by atoms with Crippen molar-refractivity contribution in [3.8, 4) is 5.75 Å². The van der Waals surface area contributed by atoms with Gasteiger partial charge in [-0.15, -0.1) is 0 Å². The fourth-order valence-electron chi connectivity index (χ4n) is 2.27. The predicted octanol–water partition coefficient (Wildman–Crippen LogP) is 4.38. The number of benzene rings is 2. The standard InChI is InChI=1S/C18H19N3O/c1-18(2,3)13-5-4-6-14(10-13)20-17-19-11-12-9-15(22)7-8-16(12)21-17/h4-11,22H,1-3H3,(H,19,20,21). The summed E-state index contributed by atoms with van der Waals surface area (Å²) in [5.74, 6) is 0.763. The molecule has 0 bridgehead atoms. The van der Waals surface area contributed by atoms with E-state index < -0.39 is 0 Å². The van der Waals surface area contributed by atoms with Crippen molar-refractivity contribution >= 4 is 22.5 Å². The first-order valence-corrected chi connectivity index (χ1v) is 7.25. The summed E-state index contributed by atoms with van der Waals surface area (Å²) < 4.78 is 0. The number of anilines is 2. The summed E-state index contributed by atoms with van der Waals surface area (Å²) in [5.41, 5.74) is 3.11. The Labute approximate surface area is 129 Å². The number of phenols is 1. The second-order valence-corrected chi connectivity index (χ2v) is 6.39. The van der Waals surface area contributed by atoms with Gasteiger partial charge in [-0.05, 0) is 41.3 Å². The molecule has 3 aromatic rings. The number of aromatic nitrogens is 2. The normalized spacial score (nSPS) is 11.6. The molecule has 0 amide bonds. The molecule has 0 aliphatic carbocycles. The lowest BCUT2D eigenvalue weighted by atomic mass is 9.87. The van der Waals surface area contributed by atoms with Crippen LogP contribution in [0, 0.1) is 0 Å². The van der Waals surface area contributed by atoms with E-state index in [-0.39, 0.29) is 11.2 Å². The Morgan fingerprint density at radius 1 is 1.05 bits per heavy atom. The second kappa shape index (κ2) is 5.30. The molecule has 112 valence electrons. The molecule has 2 N–H and O–H groups in total. The molecule has 0 atom stereocenters. The van der Waals surface area contributed by atoms with E-state index in [4.69, 9.17) is 0 Å². The SMILES string of the molecule is CC(C)(C)c1cccc(Nc2ncc3cc(O)ccc3n2)c1. The highest BCUT2D eigenvalue weighted by Gasteiger charge is 2.13. The Balaban J connectivity index is 1.91. The van der Waals surface area contributed by atoms with Crippen LogP contribution in [-0.4, -0.2) is 15.1 Å². The van der Waals surface area contributed by atoms with Crippen molar-refractivity contribution in [1.82, 2.24) is 9.97 Å². The molecule has 1 aromatic heterocycles. The number of hydrogen-bond acceptors (Lipinski definition) is 4. The van der Waals surface area contributed by atoms with E-state index in [0.29, 0.717) is 5.95 Å². The van der Waals surface area contributed by atoms with Gasteiger partial charge in [0.25, 0.3) is 0 Å². The Kier molecular flexibility index (Phi) is 3.45. The molecule has 4 heteroatoms. The number of nitrogens with zero attached hydrogens (tertiary/aromatic N) is 2. The van der Waals surface area contributed by atoms with Gasteiger partial charge in [-0.25, -0.2) is 9.97 Å². The van der Waals surface area contributed by atoms with Crippen LogP contribution in [0.2, 0.25) is 0 Å². The lowest BCUT2D eigenvalue weighted by Gasteiger charge is -2.19. The molecule has 0 saturated carbocycles. The maximum absolute atomic E-state index is 9.47. The number of fused-ring (bicyclic) bond motifs is 1. The molecule has 0 unspecified atom stereocenters. The van der Waals surface area contributed by atoms with Gasteiger partial charge in [0.05, 0.1) is 5.52 Å². The maximum atomic E-state index is 9.47. The zero-order valence-corrected chi connectivity index (χ0v) is 13.0. The average molecular weight is 293 g/mol. The molecule has 0 aliphatic heterocycles. The summed E-state index contributed by atoms with van der Waals surface area (Å²) >= 11 is 0. The van der Waals surface area contributed by atoms with Crippen LogP contribution in [0.3, 0.4) is 0 Å². The van der Waals surface area contributed by atoms with Crippen molar-refractivity contribution in [2.45, 2.75) is 26.2 Å².